The van der Waals surface area contributed by atoms with E-state index >= 15 is 0 Å². The van der Waals surface area contributed by atoms with Crippen LogP contribution in [0.5, 0.6) is 0 Å². The molecule has 4 atom stereocenters. The molecule has 0 amide bonds. The molecule has 2 nitrogen and oxygen atoms in total. The monoisotopic (exact) mass is 681 g/mol. The highest BCUT2D eigenvalue weighted by Gasteiger charge is 2.33. The Labute approximate surface area is 312 Å². The van der Waals surface area contributed by atoms with E-state index in [0.717, 1.165) is 19.5 Å². The van der Waals surface area contributed by atoms with Crippen LogP contribution >= 0.6 is 0 Å². The van der Waals surface area contributed by atoms with E-state index in [-0.39, 0.29) is 23.7 Å². The highest BCUT2D eigenvalue weighted by molar-refractivity contribution is 5.83. The van der Waals surface area contributed by atoms with Gasteiger partial charge in [0.25, 0.3) is 0 Å². The van der Waals surface area contributed by atoms with Crippen LogP contribution in [0.15, 0.2) is 146 Å². The van der Waals surface area contributed by atoms with E-state index in [4.69, 9.17) is 0 Å². The summed E-state index contributed by atoms with van der Waals surface area (Å²) >= 11 is 0. The van der Waals surface area contributed by atoms with E-state index in [1.165, 1.54) is 67.0 Å². The van der Waals surface area contributed by atoms with Gasteiger partial charge in [0, 0.05) is 52.3 Å². The van der Waals surface area contributed by atoms with Crippen LogP contribution in [0.2, 0.25) is 0 Å². The Morgan fingerprint density at radius 1 is 0.462 bits per heavy atom. The second kappa shape index (κ2) is 15.6. The Hall–Kier alpha value is -5.21. The lowest BCUT2D eigenvalue weighted by Gasteiger charge is -2.31. The third kappa shape index (κ3) is 7.26. The molecule has 0 bridgehead atoms. The van der Waals surface area contributed by atoms with Gasteiger partial charge in [-0.1, -0.05) is 184 Å². The second-order valence-electron chi connectivity index (χ2n) is 15.0. The van der Waals surface area contributed by atoms with Gasteiger partial charge in [0.15, 0.2) is 0 Å². The van der Waals surface area contributed by atoms with E-state index in [9.17, 15) is 0 Å². The average Bonchev–Trinajstić information content (AvgIpc) is 3.20. The number of hydrogen-bond donors (Lipinski definition) is 0. The van der Waals surface area contributed by atoms with Crippen molar-refractivity contribution in [2.24, 2.45) is 0 Å². The Morgan fingerprint density at radius 3 is 1.15 bits per heavy atom. The molecule has 0 aromatic heterocycles. The number of hydrogen-bond acceptors (Lipinski definition) is 1. The largest absolute Gasteiger partial charge is 0.244 e. The van der Waals surface area contributed by atoms with Gasteiger partial charge in [0.2, 0.25) is 6.34 Å². The van der Waals surface area contributed by atoms with Gasteiger partial charge in [-0.3, -0.25) is 0 Å². The molecule has 1 heterocycles. The minimum atomic E-state index is 0.239. The van der Waals surface area contributed by atoms with E-state index in [1.54, 1.807) is 0 Å². The Kier molecular flexibility index (Phi) is 10.5. The number of benzene rings is 6. The maximum atomic E-state index is 2.60. The van der Waals surface area contributed by atoms with Crippen molar-refractivity contribution in [1.82, 2.24) is 0 Å². The zero-order chi connectivity index (χ0) is 36.2. The Morgan fingerprint density at radius 2 is 0.788 bits per heavy atom. The summed E-state index contributed by atoms with van der Waals surface area (Å²) in [5, 5.41) is 0. The van der Waals surface area contributed by atoms with Crippen LogP contribution in [0.1, 0.15) is 113 Å². The third-order valence-corrected chi connectivity index (χ3v) is 11.3. The molecule has 1 aliphatic rings. The number of rotatable bonds is 10. The first-order valence-corrected chi connectivity index (χ1v) is 19.2. The van der Waals surface area contributed by atoms with Crippen LogP contribution in [0.25, 0.3) is 0 Å². The van der Waals surface area contributed by atoms with Gasteiger partial charge in [-0.05, 0) is 36.1 Å². The molecular weight excluding hydrogens is 629 g/mol. The first-order valence-electron chi connectivity index (χ1n) is 19.2. The molecule has 262 valence electrons. The summed E-state index contributed by atoms with van der Waals surface area (Å²) < 4.78 is 2.60. The lowest BCUT2D eigenvalue weighted by Crippen LogP contribution is -2.37. The standard InChI is InChI=1S/C50H53N2/c1-35-30-45(37(3)41-20-11-7-12-21-41)49(46(31-35)38(4)42-22-13-8-14-23-42)51-28-19-29-52(34-51)50-47(39(5)43-24-15-9-16-25-43)32-36(2)33-48(50)40(6)44-26-17-10-18-27-44/h7-18,20-27,30-34,37-40H,19,28-29H2,1-6H3/q+1. The van der Waals surface area contributed by atoms with Crippen LogP contribution < -0.4 is 4.90 Å². The molecule has 0 N–H and O–H groups in total. The topological polar surface area (TPSA) is 6.25 Å². The summed E-state index contributed by atoms with van der Waals surface area (Å²) in [6.07, 6.45) is 3.53. The summed E-state index contributed by atoms with van der Waals surface area (Å²) in [4.78, 5) is 2.60. The molecule has 0 saturated carbocycles. The molecule has 6 aromatic carbocycles. The molecule has 2 heteroatoms. The summed E-state index contributed by atoms with van der Waals surface area (Å²) in [6.45, 7) is 16.0. The normalized spacial score (nSPS) is 15.4. The van der Waals surface area contributed by atoms with Crippen molar-refractivity contribution in [3.05, 3.63) is 201 Å². The number of aryl methyl sites for hydroxylation is 2. The maximum absolute atomic E-state index is 2.60. The predicted molar refractivity (Wildman–Crippen MR) is 221 cm³/mol. The average molecular weight is 682 g/mol. The zero-order valence-corrected chi connectivity index (χ0v) is 31.8. The first-order chi connectivity index (χ1) is 25.3. The summed E-state index contributed by atoms with van der Waals surface area (Å²) in [7, 11) is 0. The Bertz CT molecular complexity index is 2000. The maximum Gasteiger partial charge on any atom is 0.244 e. The van der Waals surface area contributed by atoms with Crippen molar-refractivity contribution in [3.63, 3.8) is 0 Å². The summed E-state index contributed by atoms with van der Waals surface area (Å²) in [6, 6.07) is 53.9. The van der Waals surface area contributed by atoms with Crippen molar-refractivity contribution in [3.8, 4) is 0 Å². The van der Waals surface area contributed by atoms with Gasteiger partial charge in [0.05, 0.1) is 13.1 Å². The fraction of sp³-hybridized carbons (Fsp3) is 0.260. The first kappa shape index (κ1) is 35.2. The predicted octanol–water partition coefficient (Wildman–Crippen LogP) is 12.5. The van der Waals surface area contributed by atoms with Crippen molar-refractivity contribution in [1.29, 1.82) is 0 Å². The number of nitrogens with zero attached hydrogens (tertiary/aromatic N) is 2. The SMILES string of the molecule is Cc1cc(C(C)c2ccccc2)c(N2C=[N+](c3c(C(C)c4ccccc4)cc(C)cc3C(C)c3ccccc3)CCC2)c(C(C)c2ccccc2)c1. The van der Waals surface area contributed by atoms with Crippen molar-refractivity contribution < 1.29 is 4.58 Å². The van der Waals surface area contributed by atoms with E-state index < -0.39 is 0 Å². The van der Waals surface area contributed by atoms with Crippen LogP contribution in [0, 0.1) is 13.8 Å². The van der Waals surface area contributed by atoms with Crippen molar-refractivity contribution in [2.45, 2.75) is 71.6 Å². The zero-order valence-electron chi connectivity index (χ0n) is 31.8. The quantitative estimate of drug-likeness (QED) is 0.130. The van der Waals surface area contributed by atoms with Gasteiger partial charge in [-0.25, -0.2) is 9.48 Å². The molecule has 0 spiro atoms. The van der Waals surface area contributed by atoms with E-state index in [0.29, 0.717) is 0 Å². The van der Waals surface area contributed by atoms with Gasteiger partial charge in [0.1, 0.15) is 11.4 Å². The lowest BCUT2D eigenvalue weighted by atomic mass is 9.83. The van der Waals surface area contributed by atoms with Crippen molar-refractivity contribution >= 4 is 17.7 Å². The molecular formula is C50H53N2+. The fourth-order valence-corrected chi connectivity index (χ4v) is 8.37. The molecule has 1 aliphatic heterocycles. The molecule has 0 aliphatic carbocycles. The van der Waals surface area contributed by atoms with Crippen LogP contribution in [-0.2, 0) is 0 Å². The molecule has 0 fully saturated rings. The summed E-state index contributed by atoms with van der Waals surface area (Å²) in [5.74, 6) is 0.957. The van der Waals surface area contributed by atoms with Gasteiger partial charge in [-0.2, -0.15) is 0 Å². The van der Waals surface area contributed by atoms with Crippen LogP contribution in [-0.4, -0.2) is 24.0 Å². The van der Waals surface area contributed by atoms with E-state index in [2.05, 4.69) is 203 Å². The van der Waals surface area contributed by atoms with Gasteiger partial charge < -0.3 is 0 Å². The van der Waals surface area contributed by atoms with Crippen LogP contribution in [0.3, 0.4) is 0 Å². The van der Waals surface area contributed by atoms with Crippen molar-refractivity contribution in [2.75, 3.05) is 18.0 Å². The second-order valence-corrected chi connectivity index (χ2v) is 15.0. The minimum Gasteiger partial charge on any atom is -0.233 e. The van der Waals surface area contributed by atoms with Crippen LogP contribution in [0.4, 0.5) is 11.4 Å². The molecule has 4 unspecified atom stereocenters. The molecule has 0 saturated heterocycles. The van der Waals surface area contributed by atoms with Gasteiger partial charge in [-0.15, -0.1) is 0 Å². The molecule has 0 radical (unpaired) electrons. The molecule has 6 aromatic rings. The van der Waals surface area contributed by atoms with Gasteiger partial charge >= 0.3 is 0 Å². The fourth-order valence-electron chi connectivity index (χ4n) is 8.37. The highest BCUT2D eigenvalue weighted by Crippen LogP contribution is 2.44. The third-order valence-electron chi connectivity index (χ3n) is 11.3. The molecule has 52 heavy (non-hydrogen) atoms. The summed E-state index contributed by atoms with van der Waals surface area (Å²) in [5.41, 5.74) is 16.3. The Balaban J connectivity index is 1.45. The minimum absolute atomic E-state index is 0.239. The lowest BCUT2D eigenvalue weighted by molar-refractivity contribution is -0.441. The number of anilines is 1. The smallest absolute Gasteiger partial charge is 0.233 e. The highest BCUT2D eigenvalue weighted by atomic mass is 15.2. The molecule has 7 rings (SSSR count). The van der Waals surface area contributed by atoms with E-state index in [1.807, 2.05) is 0 Å².